The van der Waals surface area contributed by atoms with Crippen molar-refractivity contribution in [2.24, 2.45) is 11.8 Å². The quantitative estimate of drug-likeness (QED) is 0.798. The molecule has 0 bridgehead atoms. The molecule has 2 saturated heterocycles. The van der Waals surface area contributed by atoms with Gasteiger partial charge in [0, 0.05) is 51.6 Å². The summed E-state index contributed by atoms with van der Waals surface area (Å²) in [5.41, 5.74) is 1.04. The Morgan fingerprint density at radius 3 is 2.50 bits per heavy atom. The zero-order valence-corrected chi connectivity index (χ0v) is 15.1. The van der Waals surface area contributed by atoms with Crippen LogP contribution in [0, 0.1) is 11.8 Å². The highest BCUT2D eigenvalue weighted by Crippen LogP contribution is 2.33. The van der Waals surface area contributed by atoms with Gasteiger partial charge in [-0.1, -0.05) is 6.07 Å². The minimum atomic E-state index is -5.08. The molecular formula is C17H20F3N3O5. The number of ether oxygens (including phenoxy) is 1. The first-order valence-electron chi connectivity index (χ1n) is 8.38. The number of hydrogen-bond acceptors (Lipinski definition) is 5. The van der Waals surface area contributed by atoms with E-state index in [0.29, 0.717) is 19.6 Å². The lowest BCUT2D eigenvalue weighted by molar-refractivity contribution is -0.192. The fourth-order valence-electron chi connectivity index (χ4n) is 3.22. The maximum atomic E-state index is 12.5. The summed E-state index contributed by atoms with van der Waals surface area (Å²) in [4.78, 5) is 40.9. The van der Waals surface area contributed by atoms with E-state index in [1.807, 2.05) is 17.0 Å². The SMILES string of the molecule is COCC(=O)N1C[C@H]2CN(Cc3cccnc3)C(=O)[C@H]2C1.O=C(O)C(F)(F)F. The van der Waals surface area contributed by atoms with Crippen LogP contribution in [0.25, 0.3) is 0 Å². The number of pyridine rings is 1. The van der Waals surface area contributed by atoms with Gasteiger partial charge in [-0.05, 0) is 11.6 Å². The van der Waals surface area contributed by atoms with E-state index in [1.54, 1.807) is 17.3 Å². The molecule has 154 valence electrons. The van der Waals surface area contributed by atoms with Gasteiger partial charge in [0.1, 0.15) is 6.61 Å². The number of fused-ring (bicyclic) bond motifs is 1. The summed E-state index contributed by atoms with van der Waals surface area (Å²) in [6.07, 6.45) is -1.57. The second-order valence-corrected chi connectivity index (χ2v) is 6.48. The van der Waals surface area contributed by atoms with Crippen molar-refractivity contribution in [2.75, 3.05) is 33.4 Å². The van der Waals surface area contributed by atoms with Crippen LogP contribution in [0.4, 0.5) is 13.2 Å². The van der Waals surface area contributed by atoms with Crippen molar-refractivity contribution in [3.05, 3.63) is 30.1 Å². The number of nitrogens with zero attached hydrogens (tertiary/aromatic N) is 3. The number of carbonyl (C=O) groups is 3. The predicted molar refractivity (Wildman–Crippen MR) is 88.8 cm³/mol. The molecule has 2 amide bonds. The van der Waals surface area contributed by atoms with E-state index in [-0.39, 0.29) is 30.3 Å². The molecule has 1 aromatic heterocycles. The van der Waals surface area contributed by atoms with E-state index in [9.17, 15) is 22.8 Å². The van der Waals surface area contributed by atoms with Gasteiger partial charge in [-0.15, -0.1) is 0 Å². The first kappa shape index (κ1) is 21.6. The van der Waals surface area contributed by atoms with Gasteiger partial charge in [-0.2, -0.15) is 13.2 Å². The molecule has 0 aliphatic carbocycles. The Labute approximate surface area is 158 Å². The number of aromatic nitrogens is 1. The molecule has 0 radical (unpaired) electrons. The van der Waals surface area contributed by atoms with Gasteiger partial charge >= 0.3 is 12.1 Å². The highest BCUT2D eigenvalue weighted by molar-refractivity contribution is 5.84. The van der Waals surface area contributed by atoms with Gasteiger partial charge in [-0.3, -0.25) is 14.6 Å². The Hall–Kier alpha value is -2.69. The summed E-state index contributed by atoms with van der Waals surface area (Å²) in [7, 11) is 1.51. The first-order valence-corrected chi connectivity index (χ1v) is 8.38. The highest BCUT2D eigenvalue weighted by atomic mass is 19.4. The molecule has 11 heteroatoms. The van der Waals surface area contributed by atoms with Crippen LogP contribution in [0.15, 0.2) is 24.5 Å². The van der Waals surface area contributed by atoms with Gasteiger partial charge in [0.2, 0.25) is 11.8 Å². The summed E-state index contributed by atoms with van der Waals surface area (Å²) >= 11 is 0. The minimum Gasteiger partial charge on any atom is -0.475 e. The number of methoxy groups -OCH3 is 1. The second-order valence-electron chi connectivity index (χ2n) is 6.48. The minimum absolute atomic E-state index is 0.0292. The monoisotopic (exact) mass is 403 g/mol. The zero-order chi connectivity index (χ0) is 20.9. The molecule has 2 fully saturated rings. The van der Waals surface area contributed by atoms with Crippen LogP contribution in [-0.2, 0) is 25.7 Å². The largest absolute Gasteiger partial charge is 0.490 e. The molecule has 0 saturated carbocycles. The molecule has 1 aromatic rings. The zero-order valence-electron chi connectivity index (χ0n) is 15.1. The molecule has 2 atom stereocenters. The van der Waals surface area contributed by atoms with E-state index >= 15 is 0 Å². The standard InChI is InChI=1S/C15H19N3O3.C2HF3O2/c1-21-10-14(19)17-7-12-8-18(15(20)13(12)9-17)6-11-3-2-4-16-5-11;3-2(4,5)1(6)7/h2-5,12-13H,6-10H2,1H3;(H,6,7)/t12-,13-;/m0./s1. The Morgan fingerprint density at radius 1 is 1.32 bits per heavy atom. The molecule has 1 N–H and O–H groups in total. The molecular weight excluding hydrogens is 383 g/mol. The third kappa shape index (κ3) is 5.41. The topological polar surface area (TPSA) is 100 Å². The Balaban J connectivity index is 0.000000345. The third-order valence-corrected chi connectivity index (χ3v) is 4.48. The van der Waals surface area contributed by atoms with Crippen molar-refractivity contribution in [1.82, 2.24) is 14.8 Å². The van der Waals surface area contributed by atoms with Crippen molar-refractivity contribution in [3.63, 3.8) is 0 Å². The number of halogens is 3. The summed E-state index contributed by atoms with van der Waals surface area (Å²) in [5, 5.41) is 7.12. The lowest BCUT2D eigenvalue weighted by atomic mass is 10.0. The Bertz CT molecular complexity index is 714. The van der Waals surface area contributed by atoms with Gasteiger partial charge in [-0.25, -0.2) is 4.79 Å². The number of carboxylic acids is 1. The Kier molecular flexibility index (Phi) is 6.95. The van der Waals surface area contributed by atoms with Crippen molar-refractivity contribution in [3.8, 4) is 0 Å². The van der Waals surface area contributed by atoms with Crippen LogP contribution in [-0.4, -0.2) is 77.2 Å². The van der Waals surface area contributed by atoms with Crippen LogP contribution in [0.5, 0.6) is 0 Å². The molecule has 0 unspecified atom stereocenters. The van der Waals surface area contributed by atoms with Gasteiger partial charge in [0.15, 0.2) is 0 Å². The molecule has 0 aromatic carbocycles. The lowest BCUT2D eigenvalue weighted by Gasteiger charge is -2.21. The van der Waals surface area contributed by atoms with E-state index in [0.717, 1.165) is 12.1 Å². The Morgan fingerprint density at radius 2 is 2.00 bits per heavy atom. The fraction of sp³-hybridized carbons (Fsp3) is 0.529. The number of amides is 2. The summed E-state index contributed by atoms with van der Waals surface area (Å²) in [6.45, 7) is 2.59. The average Bonchev–Trinajstić information content (AvgIpc) is 3.16. The smallest absolute Gasteiger partial charge is 0.475 e. The fourth-order valence-corrected chi connectivity index (χ4v) is 3.22. The van der Waals surface area contributed by atoms with Crippen LogP contribution in [0.2, 0.25) is 0 Å². The summed E-state index contributed by atoms with van der Waals surface area (Å²) in [6, 6.07) is 3.85. The molecule has 2 aliphatic rings. The predicted octanol–water partition coefficient (Wildman–Crippen LogP) is 0.778. The molecule has 3 heterocycles. The first-order chi connectivity index (χ1) is 13.1. The summed E-state index contributed by atoms with van der Waals surface area (Å²) in [5.74, 6) is -2.44. The molecule has 0 spiro atoms. The highest BCUT2D eigenvalue weighted by Gasteiger charge is 2.47. The number of alkyl halides is 3. The van der Waals surface area contributed by atoms with Crippen molar-refractivity contribution in [2.45, 2.75) is 12.7 Å². The molecule has 8 nitrogen and oxygen atoms in total. The van der Waals surface area contributed by atoms with Crippen molar-refractivity contribution < 1.29 is 37.4 Å². The number of carboxylic acid groups (broad SMARTS) is 1. The maximum Gasteiger partial charge on any atom is 0.490 e. The summed E-state index contributed by atoms with van der Waals surface area (Å²) < 4.78 is 36.6. The van der Waals surface area contributed by atoms with E-state index in [4.69, 9.17) is 14.6 Å². The van der Waals surface area contributed by atoms with Crippen LogP contribution < -0.4 is 0 Å². The van der Waals surface area contributed by atoms with Crippen LogP contribution in [0.3, 0.4) is 0 Å². The third-order valence-electron chi connectivity index (χ3n) is 4.48. The van der Waals surface area contributed by atoms with Gasteiger partial charge in [0.05, 0.1) is 5.92 Å². The van der Waals surface area contributed by atoms with E-state index in [2.05, 4.69) is 4.98 Å². The van der Waals surface area contributed by atoms with Crippen LogP contribution >= 0.6 is 0 Å². The number of carbonyl (C=O) groups excluding carboxylic acids is 2. The van der Waals surface area contributed by atoms with Gasteiger partial charge < -0.3 is 19.6 Å². The van der Waals surface area contributed by atoms with E-state index in [1.165, 1.54) is 7.11 Å². The normalized spacial score (nSPS) is 21.2. The molecule has 3 rings (SSSR count). The average molecular weight is 403 g/mol. The number of rotatable bonds is 4. The number of likely N-dealkylation sites (tertiary alicyclic amines) is 2. The second kappa shape index (κ2) is 9.00. The van der Waals surface area contributed by atoms with Crippen molar-refractivity contribution in [1.29, 1.82) is 0 Å². The lowest BCUT2D eigenvalue weighted by Crippen LogP contribution is -2.36. The molecule has 28 heavy (non-hydrogen) atoms. The number of hydrogen-bond donors (Lipinski definition) is 1. The molecule has 2 aliphatic heterocycles. The number of aliphatic carboxylic acids is 1. The van der Waals surface area contributed by atoms with Crippen molar-refractivity contribution >= 4 is 17.8 Å². The van der Waals surface area contributed by atoms with E-state index < -0.39 is 12.1 Å². The van der Waals surface area contributed by atoms with Gasteiger partial charge in [0.25, 0.3) is 0 Å². The maximum absolute atomic E-state index is 12.5. The van der Waals surface area contributed by atoms with Crippen LogP contribution in [0.1, 0.15) is 5.56 Å².